The Balaban J connectivity index is 3.96. The summed E-state index contributed by atoms with van der Waals surface area (Å²) in [4.78, 5) is 12.2. The van der Waals surface area contributed by atoms with E-state index in [-0.39, 0.29) is 18.2 Å². The predicted molar refractivity (Wildman–Crippen MR) is 47.5 cm³/mol. The van der Waals surface area contributed by atoms with Gasteiger partial charge in [0.15, 0.2) is 0 Å². The zero-order valence-corrected chi connectivity index (χ0v) is 8.10. The maximum Gasteiger partial charge on any atom is 0.245 e. The van der Waals surface area contributed by atoms with Crippen molar-refractivity contribution in [1.82, 2.24) is 4.90 Å². The molecule has 5 heteroatoms. The highest BCUT2D eigenvalue weighted by Gasteiger charge is 2.07. The number of hydrogen-bond acceptors (Lipinski definition) is 3. The number of nitrogens with zero attached hydrogens (tertiary/aromatic N) is 1. The van der Waals surface area contributed by atoms with Crippen LogP contribution < -0.4 is 0 Å². The Kier molecular flexibility index (Phi) is 3.95. The molecule has 0 radical (unpaired) electrons. The molecule has 0 aromatic rings. The van der Waals surface area contributed by atoms with Crippen molar-refractivity contribution in [3.63, 3.8) is 0 Å². The van der Waals surface area contributed by atoms with E-state index in [0.29, 0.717) is 0 Å². The quantitative estimate of drug-likeness (QED) is 0.572. The topological polar surface area (TPSA) is 54.5 Å². The normalized spacial score (nSPS) is 10.8. The summed E-state index contributed by atoms with van der Waals surface area (Å²) >= 11 is 0. The summed E-state index contributed by atoms with van der Waals surface area (Å²) in [5.74, 6) is -0.276. The van der Waals surface area contributed by atoms with Gasteiger partial charge < -0.3 is 4.90 Å². The average molecular weight is 191 g/mol. The smallest absolute Gasteiger partial charge is 0.245 e. The van der Waals surface area contributed by atoms with Gasteiger partial charge >= 0.3 is 0 Å². The van der Waals surface area contributed by atoms with Gasteiger partial charge in [0.1, 0.15) is 9.84 Å². The maximum absolute atomic E-state index is 10.8. The Morgan fingerprint density at radius 1 is 1.58 bits per heavy atom. The molecule has 0 saturated carbocycles. The lowest BCUT2D eigenvalue weighted by atomic mass is 10.5. The van der Waals surface area contributed by atoms with Crippen molar-refractivity contribution < 1.29 is 13.2 Å². The molecule has 0 spiro atoms. The average Bonchev–Trinajstić information content (AvgIpc) is 1.97. The van der Waals surface area contributed by atoms with Crippen LogP contribution in [0.4, 0.5) is 0 Å². The first-order valence-electron chi connectivity index (χ1n) is 3.42. The van der Waals surface area contributed by atoms with Gasteiger partial charge in [-0.15, -0.1) is 0 Å². The highest BCUT2D eigenvalue weighted by atomic mass is 32.2. The van der Waals surface area contributed by atoms with Gasteiger partial charge in [-0.25, -0.2) is 8.42 Å². The third-order valence-corrected chi connectivity index (χ3v) is 2.27. The molecule has 0 saturated heterocycles. The Morgan fingerprint density at radius 2 is 2.08 bits per heavy atom. The lowest BCUT2D eigenvalue weighted by molar-refractivity contribution is -0.124. The Morgan fingerprint density at radius 3 is 2.42 bits per heavy atom. The van der Waals surface area contributed by atoms with Crippen molar-refractivity contribution in [1.29, 1.82) is 0 Å². The number of rotatable bonds is 4. The second kappa shape index (κ2) is 4.25. The predicted octanol–water partition coefficient (Wildman–Crippen LogP) is -0.325. The van der Waals surface area contributed by atoms with Crippen LogP contribution in [0.15, 0.2) is 12.7 Å². The third kappa shape index (κ3) is 4.90. The van der Waals surface area contributed by atoms with E-state index in [2.05, 4.69) is 6.58 Å². The largest absolute Gasteiger partial charge is 0.341 e. The molecule has 0 fully saturated rings. The van der Waals surface area contributed by atoms with Crippen molar-refractivity contribution in [2.24, 2.45) is 0 Å². The van der Waals surface area contributed by atoms with Crippen LogP contribution in [0.2, 0.25) is 0 Å². The van der Waals surface area contributed by atoms with Gasteiger partial charge in [-0.1, -0.05) is 6.58 Å². The van der Waals surface area contributed by atoms with Crippen LogP contribution in [-0.2, 0) is 14.6 Å². The maximum atomic E-state index is 10.8. The number of likely N-dealkylation sites (N-methyl/N-ethyl adjacent to an activating group) is 1. The molecule has 0 bridgehead atoms. The van der Waals surface area contributed by atoms with Crippen molar-refractivity contribution in [2.45, 2.75) is 0 Å². The van der Waals surface area contributed by atoms with E-state index >= 15 is 0 Å². The van der Waals surface area contributed by atoms with E-state index in [1.165, 1.54) is 11.9 Å². The molecule has 0 rings (SSSR count). The minimum Gasteiger partial charge on any atom is -0.341 e. The van der Waals surface area contributed by atoms with Crippen LogP contribution in [0.25, 0.3) is 0 Å². The number of sulfone groups is 1. The third-order valence-electron chi connectivity index (χ3n) is 1.35. The van der Waals surface area contributed by atoms with Crippen LogP contribution >= 0.6 is 0 Å². The Labute approximate surface area is 72.8 Å². The summed E-state index contributed by atoms with van der Waals surface area (Å²) in [7, 11) is -1.45. The molecule has 0 aliphatic heterocycles. The second-order valence-electron chi connectivity index (χ2n) is 2.59. The van der Waals surface area contributed by atoms with E-state index in [0.717, 1.165) is 12.3 Å². The molecule has 0 aromatic carbocycles. The summed E-state index contributed by atoms with van der Waals surface area (Å²) in [5.41, 5.74) is 0. The summed E-state index contributed by atoms with van der Waals surface area (Å²) in [6.45, 7) is 3.50. The molecule has 70 valence electrons. The van der Waals surface area contributed by atoms with E-state index < -0.39 is 9.84 Å². The zero-order valence-electron chi connectivity index (χ0n) is 7.28. The molecular formula is C7H13NO3S. The van der Waals surface area contributed by atoms with E-state index in [9.17, 15) is 13.2 Å². The number of carbonyl (C=O) groups is 1. The van der Waals surface area contributed by atoms with Gasteiger partial charge in [0.2, 0.25) is 5.91 Å². The van der Waals surface area contributed by atoms with E-state index in [1.54, 1.807) is 0 Å². The molecule has 0 aromatic heterocycles. The summed E-state index contributed by atoms with van der Waals surface area (Å²) in [6.07, 6.45) is 2.29. The van der Waals surface area contributed by atoms with Crippen molar-refractivity contribution in [2.75, 3.05) is 25.6 Å². The molecule has 0 heterocycles. The molecule has 0 unspecified atom stereocenters. The van der Waals surface area contributed by atoms with E-state index in [4.69, 9.17) is 0 Å². The van der Waals surface area contributed by atoms with Crippen molar-refractivity contribution in [3.8, 4) is 0 Å². The molecule has 0 aliphatic carbocycles. The first-order valence-corrected chi connectivity index (χ1v) is 5.48. The Bertz CT molecular complexity index is 268. The molecular weight excluding hydrogens is 178 g/mol. The van der Waals surface area contributed by atoms with Gasteiger partial charge in [0.05, 0.1) is 5.75 Å². The monoisotopic (exact) mass is 191 g/mol. The molecule has 1 amide bonds. The van der Waals surface area contributed by atoms with Crippen molar-refractivity contribution >= 4 is 15.7 Å². The van der Waals surface area contributed by atoms with E-state index in [1.807, 2.05) is 0 Å². The van der Waals surface area contributed by atoms with Crippen LogP contribution in [0.1, 0.15) is 0 Å². The Hall–Kier alpha value is -0.840. The standard InChI is InChI=1S/C7H13NO3S/c1-4-7(9)8(2)5-6-12(3,10)11/h4H,1,5-6H2,2-3H3. The highest BCUT2D eigenvalue weighted by molar-refractivity contribution is 7.90. The fraction of sp³-hybridized carbons (Fsp3) is 0.571. The number of amides is 1. The molecule has 0 aliphatic rings. The van der Waals surface area contributed by atoms with Crippen LogP contribution in [0.5, 0.6) is 0 Å². The molecule has 12 heavy (non-hydrogen) atoms. The molecule has 4 nitrogen and oxygen atoms in total. The minimum absolute atomic E-state index is 0.0108. The summed E-state index contributed by atoms with van der Waals surface area (Å²) < 4.78 is 21.4. The second-order valence-corrected chi connectivity index (χ2v) is 4.85. The molecule has 0 atom stereocenters. The summed E-state index contributed by atoms with van der Waals surface area (Å²) in [6, 6.07) is 0. The van der Waals surface area contributed by atoms with Gasteiger partial charge in [-0.2, -0.15) is 0 Å². The van der Waals surface area contributed by atoms with Gasteiger partial charge in [-0.3, -0.25) is 4.79 Å². The SMILES string of the molecule is C=CC(=O)N(C)CCS(C)(=O)=O. The highest BCUT2D eigenvalue weighted by Crippen LogP contribution is 1.89. The lowest BCUT2D eigenvalue weighted by Gasteiger charge is -2.13. The fourth-order valence-electron chi connectivity index (χ4n) is 0.569. The van der Waals surface area contributed by atoms with Crippen LogP contribution in [-0.4, -0.2) is 44.8 Å². The van der Waals surface area contributed by atoms with Gasteiger partial charge in [-0.05, 0) is 6.08 Å². The van der Waals surface area contributed by atoms with Crippen LogP contribution in [0.3, 0.4) is 0 Å². The lowest BCUT2D eigenvalue weighted by Crippen LogP contribution is -2.29. The molecule has 0 N–H and O–H groups in total. The minimum atomic E-state index is -2.99. The first-order chi connectivity index (χ1) is 5.37. The van der Waals surface area contributed by atoms with Gasteiger partial charge in [0.25, 0.3) is 0 Å². The number of hydrogen-bond donors (Lipinski definition) is 0. The summed E-state index contributed by atoms with van der Waals surface area (Å²) in [5, 5.41) is 0. The number of carbonyl (C=O) groups excluding carboxylic acids is 1. The van der Waals surface area contributed by atoms with Gasteiger partial charge in [0, 0.05) is 19.8 Å². The van der Waals surface area contributed by atoms with Crippen molar-refractivity contribution in [3.05, 3.63) is 12.7 Å². The first kappa shape index (κ1) is 11.2. The van der Waals surface area contributed by atoms with Crippen LogP contribution in [0, 0.1) is 0 Å². The zero-order chi connectivity index (χ0) is 9.78. The fourth-order valence-corrected chi connectivity index (χ4v) is 1.17.